The van der Waals surface area contributed by atoms with E-state index >= 15 is 0 Å². The number of hydrogen-bond acceptors (Lipinski definition) is 4. The molecule has 7 nitrogen and oxygen atoms in total. The van der Waals surface area contributed by atoms with Gasteiger partial charge in [0.05, 0.1) is 6.42 Å². The predicted molar refractivity (Wildman–Crippen MR) is 119 cm³/mol. The van der Waals surface area contributed by atoms with Crippen molar-refractivity contribution in [2.24, 2.45) is 5.92 Å². The molecule has 168 valence electrons. The Kier molecular flexibility index (Phi) is 6.44. The Morgan fingerprint density at radius 2 is 1.66 bits per heavy atom. The predicted octanol–water partition coefficient (Wildman–Crippen LogP) is 3.63. The maximum absolute atomic E-state index is 12.8. The molecule has 2 aliphatic carbocycles. The van der Waals surface area contributed by atoms with Gasteiger partial charge in [0.1, 0.15) is 12.6 Å². The number of nitrogens with one attached hydrogen (secondary N) is 1. The van der Waals surface area contributed by atoms with Gasteiger partial charge in [-0.1, -0.05) is 48.5 Å². The van der Waals surface area contributed by atoms with Crippen LogP contribution < -0.4 is 5.32 Å². The van der Waals surface area contributed by atoms with Gasteiger partial charge in [0.25, 0.3) is 0 Å². The smallest absolute Gasteiger partial charge is 0.407 e. The van der Waals surface area contributed by atoms with Crippen molar-refractivity contribution in [2.75, 3.05) is 19.7 Å². The van der Waals surface area contributed by atoms with Crippen LogP contribution >= 0.6 is 0 Å². The molecular formula is C25H28N2O5. The topological polar surface area (TPSA) is 95.9 Å². The minimum atomic E-state index is -0.948. The minimum Gasteiger partial charge on any atom is -0.481 e. The monoisotopic (exact) mass is 436 g/mol. The van der Waals surface area contributed by atoms with E-state index in [1.54, 1.807) is 11.8 Å². The third-order valence-electron chi connectivity index (χ3n) is 6.13. The molecule has 2 aromatic carbocycles. The van der Waals surface area contributed by atoms with Crippen molar-refractivity contribution in [2.45, 2.75) is 38.1 Å². The van der Waals surface area contributed by atoms with E-state index in [0.717, 1.165) is 35.1 Å². The number of amides is 2. The lowest BCUT2D eigenvalue weighted by Crippen LogP contribution is -2.48. The molecule has 1 fully saturated rings. The van der Waals surface area contributed by atoms with E-state index in [2.05, 4.69) is 17.4 Å². The zero-order valence-electron chi connectivity index (χ0n) is 18.1. The fourth-order valence-corrected chi connectivity index (χ4v) is 4.29. The van der Waals surface area contributed by atoms with Crippen molar-refractivity contribution in [3.63, 3.8) is 0 Å². The largest absolute Gasteiger partial charge is 0.481 e. The number of ether oxygens (including phenoxy) is 1. The summed E-state index contributed by atoms with van der Waals surface area (Å²) in [5.41, 5.74) is 4.54. The summed E-state index contributed by atoms with van der Waals surface area (Å²) in [7, 11) is 0. The van der Waals surface area contributed by atoms with Crippen LogP contribution in [-0.4, -0.2) is 53.7 Å². The van der Waals surface area contributed by atoms with Crippen molar-refractivity contribution in [3.8, 4) is 11.1 Å². The summed E-state index contributed by atoms with van der Waals surface area (Å²) >= 11 is 0. The molecule has 0 aliphatic heterocycles. The molecule has 1 atom stereocenters. The van der Waals surface area contributed by atoms with Crippen LogP contribution in [0.3, 0.4) is 0 Å². The van der Waals surface area contributed by atoms with Crippen LogP contribution in [0.25, 0.3) is 11.1 Å². The second kappa shape index (κ2) is 9.42. The summed E-state index contributed by atoms with van der Waals surface area (Å²) < 4.78 is 5.52. The first kappa shape index (κ1) is 21.9. The number of rotatable bonds is 9. The molecule has 0 spiro atoms. The first-order chi connectivity index (χ1) is 15.4. The van der Waals surface area contributed by atoms with E-state index in [-0.39, 0.29) is 31.4 Å². The highest BCUT2D eigenvalue weighted by Gasteiger charge is 2.31. The van der Waals surface area contributed by atoms with E-state index in [1.165, 1.54) is 0 Å². The van der Waals surface area contributed by atoms with Crippen LogP contribution in [0.15, 0.2) is 48.5 Å². The van der Waals surface area contributed by atoms with Crippen LogP contribution in [0, 0.1) is 5.92 Å². The third kappa shape index (κ3) is 4.93. The number of carboxylic acid groups (broad SMARTS) is 1. The Morgan fingerprint density at radius 1 is 1.06 bits per heavy atom. The number of fused-ring (bicyclic) bond motifs is 3. The molecule has 0 unspecified atom stereocenters. The molecule has 2 N–H and O–H groups in total. The molecule has 0 aromatic heterocycles. The van der Waals surface area contributed by atoms with E-state index in [0.29, 0.717) is 12.5 Å². The van der Waals surface area contributed by atoms with Gasteiger partial charge in [-0.2, -0.15) is 0 Å². The van der Waals surface area contributed by atoms with Crippen molar-refractivity contribution >= 4 is 18.0 Å². The molecule has 2 aliphatic rings. The van der Waals surface area contributed by atoms with Crippen molar-refractivity contribution in [3.05, 3.63) is 59.7 Å². The first-order valence-corrected chi connectivity index (χ1v) is 11.1. The minimum absolute atomic E-state index is 0.0545. The van der Waals surface area contributed by atoms with E-state index < -0.39 is 18.1 Å². The van der Waals surface area contributed by atoms with Crippen LogP contribution in [0.5, 0.6) is 0 Å². The molecular weight excluding hydrogens is 408 g/mol. The standard InChI is InChI=1S/C25H28N2O5/c1-16(24(30)27(13-12-23(28)29)14-17-10-11-17)26-25(31)32-15-22-20-8-4-2-6-18(20)19-7-3-5-9-21(19)22/h2-9,16-17,22H,10-15H2,1H3,(H,26,31)(H,28,29)/t16-/m1/s1. The molecule has 7 heteroatoms. The number of hydrogen-bond donors (Lipinski definition) is 2. The van der Waals surface area contributed by atoms with Crippen molar-refractivity contribution in [1.82, 2.24) is 10.2 Å². The zero-order chi connectivity index (χ0) is 22.7. The number of benzene rings is 2. The molecule has 0 heterocycles. The number of carbonyl (C=O) groups excluding carboxylic acids is 2. The molecule has 1 saturated carbocycles. The fourth-order valence-electron chi connectivity index (χ4n) is 4.29. The molecule has 32 heavy (non-hydrogen) atoms. The van der Waals surface area contributed by atoms with Gasteiger partial charge >= 0.3 is 12.1 Å². The number of alkyl carbamates (subject to hydrolysis) is 1. The summed E-state index contributed by atoms with van der Waals surface area (Å²) in [6, 6.07) is 15.4. The summed E-state index contributed by atoms with van der Waals surface area (Å²) in [5.74, 6) is -0.863. The Balaban J connectivity index is 1.35. The number of nitrogens with zero attached hydrogens (tertiary/aromatic N) is 1. The molecule has 0 radical (unpaired) electrons. The summed E-state index contributed by atoms with van der Waals surface area (Å²) in [4.78, 5) is 37.7. The Hall–Kier alpha value is -3.35. The highest BCUT2D eigenvalue weighted by atomic mass is 16.5. The highest BCUT2D eigenvalue weighted by molar-refractivity contribution is 5.86. The van der Waals surface area contributed by atoms with Crippen LogP contribution in [0.1, 0.15) is 43.2 Å². The second-order valence-corrected chi connectivity index (χ2v) is 8.56. The summed E-state index contributed by atoms with van der Waals surface area (Å²) in [6.07, 6.45) is 1.32. The van der Waals surface area contributed by atoms with Gasteiger partial charge in [0.15, 0.2) is 0 Å². The normalized spacial score (nSPS) is 15.4. The second-order valence-electron chi connectivity index (χ2n) is 8.56. The third-order valence-corrected chi connectivity index (χ3v) is 6.13. The van der Waals surface area contributed by atoms with Crippen LogP contribution in [0.2, 0.25) is 0 Å². The number of aliphatic carboxylic acids is 1. The Bertz CT molecular complexity index is 971. The maximum Gasteiger partial charge on any atom is 0.407 e. The molecule has 2 aromatic rings. The molecule has 4 rings (SSSR count). The van der Waals surface area contributed by atoms with Gasteiger partial charge in [0.2, 0.25) is 5.91 Å². The van der Waals surface area contributed by atoms with E-state index in [1.807, 2.05) is 36.4 Å². The van der Waals surface area contributed by atoms with Gasteiger partial charge in [-0.05, 0) is 47.9 Å². The van der Waals surface area contributed by atoms with Gasteiger partial charge in [0, 0.05) is 19.0 Å². The van der Waals surface area contributed by atoms with Gasteiger partial charge in [-0.3, -0.25) is 9.59 Å². The van der Waals surface area contributed by atoms with Crippen LogP contribution in [0.4, 0.5) is 4.79 Å². The summed E-state index contributed by atoms with van der Waals surface area (Å²) in [5, 5.41) is 11.6. The lowest BCUT2D eigenvalue weighted by Gasteiger charge is -2.26. The quantitative estimate of drug-likeness (QED) is 0.626. The van der Waals surface area contributed by atoms with Gasteiger partial charge < -0.3 is 20.1 Å². The van der Waals surface area contributed by atoms with Gasteiger partial charge in [-0.15, -0.1) is 0 Å². The van der Waals surface area contributed by atoms with Crippen molar-refractivity contribution < 1.29 is 24.2 Å². The average Bonchev–Trinajstić information content (AvgIpc) is 3.55. The van der Waals surface area contributed by atoms with Gasteiger partial charge in [-0.25, -0.2) is 4.79 Å². The molecule has 2 amide bonds. The maximum atomic E-state index is 12.8. The molecule has 0 saturated heterocycles. The highest BCUT2D eigenvalue weighted by Crippen LogP contribution is 2.44. The number of carboxylic acids is 1. The van der Waals surface area contributed by atoms with Crippen LogP contribution in [-0.2, 0) is 14.3 Å². The number of carbonyl (C=O) groups is 3. The Labute approximate surface area is 187 Å². The summed E-state index contributed by atoms with van der Waals surface area (Å²) in [6.45, 7) is 2.44. The fraction of sp³-hybridized carbons (Fsp3) is 0.400. The zero-order valence-corrected chi connectivity index (χ0v) is 18.1. The Morgan fingerprint density at radius 3 is 2.22 bits per heavy atom. The first-order valence-electron chi connectivity index (χ1n) is 11.1. The lowest BCUT2D eigenvalue weighted by atomic mass is 9.98. The van der Waals surface area contributed by atoms with Crippen molar-refractivity contribution in [1.29, 1.82) is 0 Å². The lowest BCUT2D eigenvalue weighted by molar-refractivity contribution is -0.139. The van der Waals surface area contributed by atoms with E-state index in [9.17, 15) is 14.4 Å². The van der Waals surface area contributed by atoms with E-state index in [4.69, 9.17) is 9.84 Å². The SMILES string of the molecule is C[C@@H](NC(=O)OCC1c2ccccc2-c2ccccc21)C(=O)N(CCC(=O)O)CC1CC1. The average molecular weight is 437 g/mol. The molecule has 0 bridgehead atoms.